The van der Waals surface area contributed by atoms with Crippen molar-refractivity contribution < 1.29 is 18.7 Å². The van der Waals surface area contributed by atoms with Gasteiger partial charge in [-0.3, -0.25) is 9.59 Å². The zero-order valence-corrected chi connectivity index (χ0v) is 17.3. The van der Waals surface area contributed by atoms with Gasteiger partial charge in [-0.25, -0.2) is 4.68 Å². The average Bonchev–Trinajstić information content (AvgIpc) is 3.45. The van der Waals surface area contributed by atoms with Crippen LogP contribution in [0.3, 0.4) is 0 Å². The number of para-hydroxylation sites is 1. The van der Waals surface area contributed by atoms with Gasteiger partial charge >= 0.3 is 0 Å². The van der Waals surface area contributed by atoms with Crippen molar-refractivity contribution >= 4 is 35.0 Å². The van der Waals surface area contributed by atoms with Crippen molar-refractivity contribution in [2.24, 2.45) is 0 Å². The smallest absolute Gasteiger partial charge is 0.289 e. The number of ether oxygens (including phenoxy) is 1. The zero-order chi connectivity index (χ0) is 21.1. The number of halogens is 2. The van der Waals surface area contributed by atoms with Gasteiger partial charge in [0.2, 0.25) is 0 Å². The first kappa shape index (κ1) is 20.3. The van der Waals surface area contributed by atoms with Crippen LogP contribution in [0, 0.1) is 0 Å². The molecular weight excluding hydrogens is 431 g/mol. The summed E-state index contributed by atoms with van der Waals surface area (Å²) in [5, 5.41) is 5.07. The summed E-state index contributed by atoms with van der Waals surface area (Å²) in [6, 6.07) is 10.0. The molecule has 1 aliphatic heterocycles. The molecule has 0 saturated carbocycles. The molecule has 0 unspecified atom stereocenters. The van der Waals surface area contributed by atoms with Gasteiger partial charge in [0, 0.05) is 32.4 Å². The molecule has 156 valence electrons. The Balaban J connectivity index is 1.33. The molecule has 0 atom stereocenters. The van der Waals surface area contributed by atoms with Crippen molar-refractivity contribution in [2.45, 2.75) is 6.73 Å². The molecule has 0 N–H and O–H groups in total. The number of furan rings is 1. The van der Waals surface area contributed by atoms with Crippen LogP contribution in [0.15, 0.2) is 53.3 Å². The lowest BCUT2D eigenvalue weighted by Gasteiger charge is -2.33. The highest BCUT2D eigenvalue weighted by Crippen LogP contribution is 2.32. The van der Waals surface area contributed by atoms with Crippen molar-refractivity contribution in [3.8, 4) is 5.75 Å². The highest BCUT2D eigenvalue weighted by molar-refractivity contribution is 6.37. The number of carbonyl (C=O) groups excluding carboxylic acids is 2. The molecular formula is C20H18Cl2N4O4. The summed E-state index contributed by atoms with van der Waals surface area (Å²) in [5.41, 5.74) is 0.301. The lowest BCUT2D eigenvalue weighted by Crippen LogP contribution is -2.50. The molecule has 0 radical (unpaired) electrons. The molecule has 1 aliphatic rings. The predicted octanol–water partition coefficient (Wildman–Crippen LogP) is 3.42. The summed E-state index contributed by atoms with van der Waals surface area (Å²) in [5.74, 6) is 0.287. The summed E-state index contributed by atoms with van der Waals surface area (Å²) in [6.45, 7) is 1.76. The molecule has 1 aromatic carbocycles. The average molecular weight is 449 g/mol. The van der Waals surface area contributed by atoms with Crippen molar-refractivity contribution in [1.82, 2.24) is 19.6 Å². The fraction of sp³-hybridized carbons (Fsp3) is 0.250. The number of hydrogen-bond acceptors (Lipinski definition) is 5. The number of nitrogens with zero attached hydrogens (tertiary/aromatic N) is 4. The van der Waals surface area contributed by atoms with Crippen LogP contribution in [-0.2, 0) is 6.73 Å². The first-order chi connectivity index (χ1) is 14.5. The Morgan fingerprint density at radius 1 is 0.967 bits per heavy atom. The lowest BCUT2D eigenvalue weighted by molar-refractivity contribution is 0.0514. The van der Waals surface area contributed by atoms with Crippen LogP contribution in [0.2, 0.25) is 10.0 Å². The molecule has 10 heteroatoms. The van der Waals surface area contributed by atoms with E-state index in [0.29, 0.717) is 53.4 Å². The van der Waals surface area contributed by atoms with E-state index in [9.17, 15) is 9.59 Å². The number of amides is 2. The minimum Gasteiger partial charge on any atom is -0.468 e. The largest absolute Gasteiger partial charge is 0.468 e. The zero-order valence-electron chi connectivity index (χ0n) is 15.8. The normalized spacial score (nSPS) is 14.1. The van der Waals surface area contributed by atoms with Crippen LogP contribution in [0.25, 0.3) is 0 Å². The summed E-state index contributed by atoms with van der Waals surface area (Å²) in [4.78, 5) is 28.4. The van der Waals surface area contributed by atoms with Gasteiger partial charge in [0.1, 0.15) is 0 Å². The van der Waals surface area contributed by atoms with Gasteiger partial charge in [0.15, 0.2) is 23.9 Å². The number of hydrogen-bond donors (Lipinski definition) is 0. The van der Waals surface area contributed by atoms with Gasteiger partial charge < -0.3 is 19.0 Å². The maximum Gasteiger partial charge on any atom is 0.289 e. The summed E-state index contributed by atoms with van der Waals surface area (Å²) in [7, 11) is 0. The third-order valence-electron chi connectivity index (χ3n) is 4.71. The second kappa shape index (κ2) is 8.81. The van der Waals surface area contributed by atoms with Gasteiger partial charge in [-0.2, -0.15) is 5.10 Å². The van der Waals surface area contributed by atoms with Crippen molar-refractivity contribution in [3.63, 3.8) is 0 Å². The van der Waals surface area contributed by atoms with Gasteiger partial charge in [-0.05, 0) is 30.3 Å². The standard InChI is InChI=1S/C20H18Cl2N4O4/c21-14-3-1-4-15(22)18(14)30-13-26-7-6-16(23-26)19(27)24-8-10-25(11-9-24)20(28)17-5-2-12-29-17/h1-7,12H,8-11,13H2. The minimum absolute atomic E-state index is 0.0577. The molecule has 4 rings (SSSR count). The molecule has 0 aliphatic carbocycles. The molecule has 1 fully saturated rings. The van der Waals surface area contributed by atoms with E-state index in [1.807, 2.05) is 0 Å². The topological polar surface area (TPSA) is 80.8 Å². The van der Waals surface area contributed by atoms with E-state index in [4.69, 9.17) is 32.4 Å². The number of benzene rings is 1. The fourth-order valence-electron chi connectivity index (χ4n) is 3.13. The van der Waals surface area contributed by atoms with Crippen molar-refractivity contribution in [2.75, 3.05) is 26.2 Å². The molecule has 0 bridgehead atoms. The van der Waals surface area contributed by atoms with Crippen molar-refractivity contribution in [1.29, 1.82) is 0 Å². The Morgan fingerprint density at radius 2 is 1.63 bits per heavy atom. The Labute approximate surface area is 182 Å². The summed E-state index contributed by atoms with van der Waals surface area (Å²) < 4.78 is 12.3. The van der Waals surface area contributed by atoms with Gasteiger partial charge in [0.05, 0.1) is 16.3 Å². The van der Waals surface area contributed by atoms with Crippen LogP contribution in [0.1, 0.15) is 21.0 Å². The molecule has 3 heterocycles. The van der Waals surface area contributed by atoms with Crippen LogP contribution < -0.4 is 4.74 Å². The second-order valence-electron chi connectivity index (χ2n) is 6.63. The van der Waals surface area contributed by atoms with E-state index in [-0.39, 0.29) is 18.5 Å². The van der Waals surface area contributed by atoms with Gasteiger partial charge in [0.25, 0.3) is 11.8 Å². The Hall–Kier alpha value is -2.97. The van der Waals surface area contributed by atoms with Crippen LogP contribution in [0.4, 0.5) is 0 Å². The number of aromatic nitrogens is 2. The van der Waals surface area contributed by atoms with E-state index in [2.05, 4.69) is 5.10 Å². The molecule has 3 aromatic rings. The van der Waals surface area contributed by atoms with E-state index in [1.165, 1.54) is 10.9 Å². The number of rotatable bonds is 5. The second-order valence-corrected chi connectivity index (χ2v) is 7.44. The Kier molecular flexibility index (Phi) is 5.96. The van der Waals surface area contributed by atoms with E-state index in [1.54, 1.807) is 52.4 Å². The van der Waals surface area contributed by atoms with E-state index in [0.717, 1.165) is 0 Å². The molecule has 0 spiro atoms. The van der Waals surface area contributed by atoms with Crippen LogP contribution >= 0.6 is 23.2 Å². The summed E-state index contributed by atoms with van der Waals surface area (Å²) >= 11 is 12.2. The van der Waals surface area contributed by atoms with Crippen LogP contribution in [0.5, 0.6) is 5.75 Å². The van der Waals surface area contributed by atoms with Crippen LogP contribution in [-0.4, -0.2) is 57.6 Å². The molecule has 2 aromatic heterocycles. The molecule has 2 amide bonds. The van der Waals surface area contributed by atoms with Crippen molar-refractivity contribution in [3.05, 3.63) is 70.4 Å². The first-order valence-electron chi connectivity index (χ1n) is 9.25. The van der Waals surface area contributed by atoms with E-state index >= 15 is 0 Å². The number of carbonyl (C=O) groups is 2. The highest BCUT2D eigenvalue weighted by Gasteiger charge is 2.27. The summed E-state index contributed by atoms with van der Waals surface area (Å²) in [6.07, 6.45) is 3.11. The lowest BCUT2D eigenvalue weighted by atomic mass is 10.2. The quantitative estimate of drug-likeness (QED) is 0.597. The monoisotopic (exact) mass is 448 g/mol. The SMILES string of the molecule is O=C(c1ccn(COc2c(Cl)cccc2Cl)n1)N1CCN(C(=O)c2ccco2)CC1. The predicted molar refractivity (Wildman–Crippen MR) is 110 cm³/mol. The van der Waals surface area contributed by atoms with Gasteiger partial charge in [-0.1, -0.05) is 29.3 Å². The van der Waals surface area contributed by atoms with Gasteiger partial charge in [-0.15, -0.1) is 0 Å². The third-order valence-corrected chi connectivity index (χ3v) is 5.30. The molecule has 8 nitrogen and oxygen atoms in total. The third kappa shape index (κ3) is 4.29. The fourth-order valence-corrected chi connectivity index (χ4v) is 3.64. The first-order valence-corrected chi connectivity index (χ1v) is 10.0. The maximum absolute atomic E-state index is 12.7. The molecule has 30 heavy (non-hydrogen) atoms. The Bertz CT molecular complexity index is 1020. The maximum atomic E-state index is 12.7. The number of piperazine rings is 1. The molecule has 1 saturated heterocycles. The highest BCUT2D eigenvalue weighted by atomic mass is 35.5. The Morgan fingerprint density at radius 3 is 2.27 bits per heavy atom. The van der Waals surface area contributed by atoms with E-state index < -0.39 is 0 Å². The minimum atomic E-state index is -0.199.